The Morgan fingerprint density at radius 1 is 1.11 bits per heavy atom. The average Bonchev–Trinajstić information content (AvgIpc) is 3.11. The van der Waals surface area contributed by atoms with Gasteiger partial charge in [-0.1, -0.05) is 26.0 Å². The highest BCUT2D eigenvalue weighted by molar-refractivity contribution is 7.88. The molecule has 0 N–H and O–H groups in total. The van der Waals surface area contributed by atoms with Crippen LogP contribution in [0.4, 0.5) is 13.2 Å². The smallest absolute Gasteiger partial charge is 0.273 e. The molecule has 1 heterocycles. The first-order valence-corrected chi connectivity index (χ1v) is 10.0. The minimum atomic E-state index is -4.49. The lowest BCUT2D eigenvalue weighted by Gasteiger charge is -2.48. The van der Waals surface area contributed by atoms with Crippen molar-refractivity contribution >= 4 is 10.1 Å². The number of hydrogen-bond acceptors (Lipinski definition) is 5. The van der Waals surface area contributed by atoms with Crippen molar-refractivity contribution < 1.29 is 25.8 Å². The molecule has 6 nitrogen and oxygen atoms in total. The Hall–Kier alpha value is -1.94. The molecule has 0 saturated heterocycles. The van der Waals surface area contributed by atoms with Gasteiger partial charge in [-0.05, 0) is 37.5 Å². The average molecular weight is 419 g/mol. The molecule has 0 saturated carbocycles. The van der Waals surface area contributed by atoms with Gasteiger partial charge in [0.25, 0.3) is 10.1 Å². The van der Waals surface area contributed by atoms with Crippen LogP contribution in [0, 0.1) is 5.92 Å². The molecule has 2 aromatic rings. The van der Waals surface area contributed by atoms with E-state index in [1.54, 1.807) is 0 Å². The zero-order chi connectivity index (χ0) is 21.4. The molecule has 28 heavy (non-hydrogen) atoms. The van der Waals surface area contributed by atoms with E-state index in [1.165, 1.54) is 43.3 Å². The maximum atomic E-state index is 13.0. The highest BCUT2D eigenvalue weighted by Crippen LogP contribution is 2.48. The summed E-state index contributed by atoms with van der Waals surface area (Å²) in [6, 6.07) is 4.58. The second-order valence-corrected chi connectivity index (χ2v) is 9.69. The normalized spacial score (nSPS) is 15.6. The molecule has 1 atom stereocenters. The van der Waals surface area contributed by atoms with Crippen molar-refractivity contribution in [2.45, 2.75) is 50.6 Å². The first-order chi connectivity index (χ1) is 12.8. The molecule has 0 aliphatic carbocycles. The van der Waals surface area contributed by atoms with Crippen molar-refractivity contribution in [2.75, 3.05) is 7.11 Å². The molecule has 1 aromatic carbocycles. The lowest BCUT2D eigenvalue weighted by atomic mass is 9.63. The fourth-order valence-electron chi connectivity index (χ4n) is 3.80. The monoisotopic (exact) mass is 419 g/mol. The maximum absolute atomic E-state index is 13.0. The molecule has 1 aromatic heterocycles. The third kappa shape index (κ3) is 3.67. The maximum Gasteiger partial charge on any atom is 0.416 e. The second-order valence-electron chi connectivity index (χ2n) is 7.43. The van der Waals surface area contributed by atoms with Gasteiger partial charge in [-0.25, -0.2) is 4.98 Å². The Balaban J connectivity index is 2.77. The number of rotatable bonds is 7. The Bertz CT molecular complexity index is 892. The molecule has 0 spiro atoms. The van der Waals surface area contributed by atoms with Gasteiger partial charge in [-0.3, -0.25) is 8.86 Å². The van der Waals surface area contributed by atoms with E-state index >= 15 is 0 Å². The molecular weight excluding hydrogens is 395 g/mol. The van der Waals surface area contributed by atoms with Crippen molar-refractivity contribution in [2.24, 2.45) is 5.92 Å². The summed E-state index contributed by atoms with van der Waals surface area (Å²) in [6.07, 6.45) is -1.73. The quantitative estimate of drug-likeness (QED) is 0.641. The molecule has 0 aliphatic rings. The summed E-state index contributed by atoms with van der Waals surface area (Å²) in [4.78, 5) is 3.89. The summed E-state index contributed by atoms with van der Waals surface area (Å²) in [5.74, 6) is -0.298. The number of alkyl halides is 3. The molecule has 0 amide bonds. The summed E-state index contributed by atoms with van der Waals surface area (Å²) >= 11 is 0. The third-order valence-corrected chi connectivity index (χ3v) is 7.56. The van der Waals surface area contributed by atoms with Crippen molar-refractivity contribution in [3.05, 3.63) is 48.0 Å². The van der Waals surface area contributed by atoms with Crippen LogP contribution in [0.3, 0.4) is 0 Å². The van der Waals surface area contributed by atoms with Gasteiger partial charge >= 0.3 is 6.18 Å². The van der Waals surface area contributed by atoms with Crippen molar-refractivity contribution in [3.63, 3.8) is 0 Å². The van der Waals surface area contributed by atoms with E-state index in [2.05, 4.69) is 10.1 Å². The Morgan fingerprint density at radius 3 is 2.04 bits per heavy atom. The van der Waals surface area contributed by atoms with E-state index in [0.717, 1.165) is 19.2 Å². The Morgan fingerprint density at radius 2 is 1.64 bits per heavy atom. The summed E-state index contributed by atoms with van der Waals surface area (Å²) in [5.41, 5.74) is -1.52. The van der Waals surface area contributed by atoms with Crippen LogP contribution < -0.4 is 0 Å². The lowest BCUT2D eigenvalue weighted by molar-refractivity contribution is -0.137. The number of hydrogen-bond donors (Lipinski definition) is 0. The number of halogens is 3. The molecule has 10 heteroatoms. The Kier molecular flexibility index (Phi) is 5.96. The third-order valence-electron chi connectivity index (χ3n) is 5.51. The zero-order valence-corrected chi connectivity index (χ0v) is 17.2. The fourth-order valence-corrected chi connectivity index (χ4v) is 5.08. The van der Waals surface area contributed by atoms with Crippen LogP contribution in [0.2, 0.25) is 0 Å². The van der Waals surface area contributed by atoms with Crippen LogP contribution >= 0.6 is 0 Å². The van der Waals surface area contributed by atoms with Crippen molar-refractivity contribution in [1.82, 2.24) is 14.8 Å². The van der Waals surface area contributed by atoms with Gasteiger partial charge in [0, 0.05) is 5.41 Å². The molecular formula is C18H24F3N3O3S. The minimum absolute atomic E-state index is 0.0889. The lowest BCUT2D eigenvalue weighted by Crippen LogP contribution is -2.58. The molecule has 156 valence electrons. The van der Waals surface area contributed by atoms with E-state index in [0.29, 0.717) is 5.56 Å². The van der Waals surface area contributed by atoms with Gasteiger partial charge in [0.15, 0.2) is 0 Å². The first-order valence-electron chi connectivity index (χ1n) is 8.60. The fraction of sp³-hybridized carbons (Fsp3) is 0.556. The summed E-state index contributed by atoms with van der Waals surface area (Å²) in [7, 11) is -3.00. The SMILES string of the molecule is COS(=O)(=O)C(C)(C)[C@](Cn1cncn1)(c1ccc(C(F)(F)F)cc1)C(C)C. The van der Waals surface area contributed by atoms with Gasteiger partial charge in [0.05, 0.1) is 19.2 Å². The number of aromatic nitrogens is 3. The van der Waals surface area contributed by atoms with E-state index in [9.17, 15) is 21.6 Å². The molecule has 0 aliphatic heterocycles. The number of nitrogens with zero attached hydrogens (tertiary/aromatic N) is 3. The Labute approximate surface area is 162 Å². The van der Waals surface area contributed by atoms with E-state index < -0.39 is 32.0 Å². The van der Waals surface area contributed by atoms with E-state index in [4.69, 9.17) is 4.18 Å². The first kappa shape index (κ1) is 22.4. The topological polar surface area (TPSA) is 74.1 Å². The van der Waals surface area contributed by atoms with Crippen molar-refractivity contribution in [1.29, 1.82) is 0 Å². The standard InChI is InChI=1S/C18H24F3N3O3S/c1-13(2)17(10-24-12-22-11-23-24,16(3,4)28(25,26)27-5)14-6-8-15(9-7-14)18(19,20)21/h6-9,11-13H,10H2,1-5H3/t17-/m0/s1. The van der Waals surface area contributed by atoms with E-state index in [-0.39, 0.29) is 12.5 Å². The zero-order valence-electron chi connectivity index (χ0n) is 16.4. The predicted molar refractivity (Wildman–Crippen MR) is 98.0 cm³/mol. The van der Waals surface area contributed by atoms with Crippen LogP contribution in [0.25, 0.3) is 0 Å². The molecule has 2 rings (SSSR count). The molecule has 0 bridgehead atoms. The second kappa shape index (κ2) is 7.47. The van der Waals surface area contributed by atoms with Crippen LogP contribution in [0.1, 0.15) is 38.8 Å². The molecule has 0 fully saturated rings. The highest BCUT2D eigenvalue weighted by atomic mass is 32.2. The summed E-state index contributed by atoms with van der Waals surface area (Å²) in [5, 5.41) is 4.08. The van der Waals surface area contributed by atoms with Gasteiger partial charge in [-0.15, -0.1) is 0 Å². The van der Waals surface area contributed by atoms with Crippen molar-refractivity contribution in [3.8, 4) is 0 Å². The van der Waals surface area contributed by atoms with Crippen LogP contribution in [0.15, 0.2) is 36.9 Å². The largest absolute Gasteiger partial charge is 0.416 e. The van der Waals surface area contributed by atoms with E-state index in [1.807, 2.05) is 13.8 Å². The van der Waals surface area contributed by atoms with Gasteiger partial charge in [-0.2, -0.15) is 26.7 Å². The summed E-state index contributed by atoms with van der Waals surface area (Å²) < 4.78 is 69.6. The number of benzene rings is 1. The van der Waals surface area contributed by atoms with Crippen LogP contribution in [-0.2, 0) is 32.4 Å². The molecule has 0 unspecified atom stereocenters. The van der Waals surface area contributed by atoms with Gasteiger partial charge < -0.3 is 0 Å². The minimum Gasteiger partial charge on any atom is -0.273 e. The highest BCUT2D eigenvalue weighted by Gasteiger charge is 2.57. The summed E-state index contributed by atoms with van der Waals surface area (Å²) in [6.45, 7) is 6.76. The molecule has 0 radical (unpaired) electrons. The predicted octanol–water partition coefficient (Wildman–Crippen LogP) is 3.65. The van der Waals surface area contributed by atoms with Crippen LogP contribution in [0.5, 0.6) is 0 Å². The van der Waals surface area contributed by atoms with Crippen LogP contribution in [-0.4, -0.2) is 35.0 Å². The van der Waals surface area contributed by atoms with Gasteiger partial charge in [0.1, 0.15) is 17.4 Å². The van der Waals surface area contributed by atoms with Gasteiger partial charge in [0.2, 0.25) is 0 Å².